The SMILES string of the molecule is CCNC(=NCc1ccc(CN(C)C)cc1)Nc1ccc(OCC)c(OC)c1.I. The van der Waals surface area contributed by atoms with Crippen molar-refractivity contribution >= 4 is 35.6 Å². The molecule has 0 radical (unpaired) electrons. The lowest BCUT2D eigenvalue weighted by molar-refractivity contribution is 0.311. The van der Waals surface area contributed by atoms with Gasteiger partial charge in [0.05, 0.1) is 20.3 Å². The van der Waals surface area contributed by atoms with E-state index in [0.717, 1.165) is 30.5 Å². The molecule has 0 aromatic heterocycles. The first kappa shape index (κ1) is 25.0. The van der Waals surface area contributed by atoms with Gasteiger partial charge in [-0.15, -0.1) is 24.0 Å². The summed E-state index contributed by atoms with van der Waals surface area (Å²) in [4.78, 5) is 6.85. The molecule has 0 fully saturated rings. The summed E-state index contributed by atoms with van der Waals surface area (Å²) in [5.41, 5.74) is 3.36. The third kappa shape index (κ3) is 8.49. The summed E-state index contributed by atoms with van der Waals surface area (Å²) >= 11 is 0. The van der Waals surface area contributed by atoms with Gasteiger partial charge < -0.3 is 25.0 Å². The molecule has 0 aliphatic carbocycles. The molecule has 0 heterocycles. The molecular weight excluding hydrogens is 479 g/mol. The van der Waals surface area contributed by atoms with Crippen molar-refractivity contribution in [3.8, 4) is 11.5 Å². The van der Waals surface area contributed by atoms with Crippen LogP contribution in [-0.4, -0.2) is 45.2 Å². The number of hydrogen-bond acceptors (Lipinski definition) is 4. The van der Waals surface area contributed by atoms with Crippen LogP contribution in [0.4, 0.5) is 5.69 Å². The highest BCUT2D eigenvalue weighted by Crippen LogP contribution is 2.30. The van der Waals surface area contributed by atoms with Crippen LogP contribution in [0, 0.1) is 0 Å². The number of benzene rings is 2. The van der Waals surface area contributed by atoms with E-state index in [9.17, 15) is 0 Å². The van der Waals surface area contributed by atoms with Gasteiger partial charge in [0.2, 0.25) is 0 Å². The van der Waals surface area contributed by atoms with Gasteiger partial charge in [-0.2, -0.15) is 0 Å². The normalized spacial score (nSPS) is 11.0. The van der Waals surface area contributed by atoms with E-state index in [2.05, 4.69) is 53.9 Å². The fourth-order valence-corrected chi connectivity index (χ4v) is 2.75. The Bertz CT molecular complexity index is 764. The molecular formula is C22H33IN4O2. The van der Waals surface area contributed by atoms with Crippen molar-refractivity contribution in [3.63, 3.8) is 0 Å². The van der Waals surface area contributed by atoms with E-state index in [4.69, 9.17) is 14.5 Å². The maximum absolute atomic E-state index is 5.57. The number of guanidine groups is 1. The van der Waals surface area contributed by atoms with Crippen LogP contribution in [0.3, 0.4) is 0 Å². The van der Waals surface area contributed by atoms with E-state index in [1.807, 2.05) is 32.0 Å². The Morgan fingerprint density at radius 3 is 2.28 bits per heavy atom. The van der Waals surface area contributed by atoms with Crippen molar-refractivity contribution < 1.29 is 9.47 Å². The second-order valence-electron chi connectivity index (χ2n) is 6.67. The highest BCUT2D eigenvalue weighted by Gasteiger charge is 2.07. The average Bonchev–Trinajstić information content (AvgIpc) is 2.68. The predicted octanol–water partition coefficient (Wildman–Crippen LogP) is 4.35. The molecule has 0 aliphatic heterocycles. The lowest BCUT2D eigenvalue weighted by Crippen LogP contribution is -2.30. The molecule has 0 amide bonds. The van der Waals surface area contributed by atoms with Gasteiger partial charge >= 0.3 is 0 Å². The molecule has 29 heavy (non-hydrogen) atoms. The number of nitrogens with one attached hydrogen (secondary N) is 2. The molecule has 2 aromatic rings. The minimum Gasteiger partial charge on any atom is -0.493 e. The Kier molecular flexibility index (Phi) is 11.5. The Morgan fingerprint density at radius 2 is 1.69 bits per heavy atom. The van der Waals surface area contributed by atoms with Gasteiger partial charge in [0, 0.05) is 24.8 Å². The molecule has 2 N–H and O–H groups in total. The van der Waals surface area contributed by atoms with Gasteiger partial charge in [-0.1, -0.05) is 24.3 Å². The van der Waals surface area contributed by atoms with E-state index in [1.165, 1.54) is 11.1 Å². The fraction of sp³-hybridized carbons (Fsp3) is 0.409. The van der Waals surface area contributed by atoms with Gasteiger partial charge in [-0.05, 0) is 51.2 Å². The van der Waals surface area contributed by atoms with Crippen LogP contribution in [0.15, 0.2) is 47.5 Å². The van der Waals surface area contributed by atoms with Crippen LogP contribution in [0.1, 0.15) is 25.0 Å². The molecule has 160 valence electrons. The number of hydrogen-bond donors (Lipinski definition) is 2. The first-order chi connectivity index (χ1) is 13.5. The molecule has 2 rings (SSSR count). The summed E-state index contributed by atoms with van der Waals surface area (Å²) in [6, 6.07) is 14.3. The molecule has 0 saturated carbocycles. The average molecular weight is 512 g/mol. The molecule has 0 bridgehead atoms. The highest BCUT2D eigenvalue weighted by molar-refractivity contribution is 14.0. The second kappa shape index (κ2) is 13.3. The van der Waals surface area contributed by atoms with E-state index in [1.54, 1.807) is 7.11 Å². The molecule has 0 atom stereocenters. The van der Waals surface area contributed by atoms with Crippen molar-refractivity contribution in [3.05, 3.63) is 53.6 Å². The van der Waals surface area contributed by atoms with E-state index < -0.39 is 0 Å². The fourth-order valence-electron chi connectivity index (χ4n) is 2.75. The molecule has 7 heteroatoms. The Balaban J connectivity index is 0.00000420. The minimum atomic E-state index is 0. The van der Waals surface area contributed by atoms with Gasteiger partial charge in [-0.3, -0.25) is 0 Å². The number of rotatable bonds is 9. The summed E-state index contributed by atoms with van der Waals surface area (Å²) in [5.74, 6) is 2.15. The zero-order valence-corrected chi connectivity index (χ0v) is 20.3. The number of aliphatic imine (C=N–C) groups is 1. The monoisotopic (exact) mass is 512 g/mol. The van der Waals surface area contributed by atoms with Crippen LogP contribution >= 0.6 is 24.0 Å². The maximum Gasteiger partial charge on any atom is 0.196 e. The summed E-state index contributed by atoms with van der Waals surface area (Å²) in [7, 11) is 5.78. The van der Waals surface area contributed by atoms with Crippen molar-refractivity contribution in [2.24, 2.45) is 4.99 Å². The standard InChI is InChI=1S/C22H32N4O2.HI/c1-6-23-22(24-15-17-8-10-18(11-9-17)16-26(3)4)25-19-12-13-20(28-7-2)21(14-19)27-5;/h8-14H,6-7,15-16H2,1-5H3,(H2,23,24,25);1H. The molecule has 0 spiro atoms. The van der Waals surface area contributed by atoms with Crippen LogP contribution in [0.2, 0.25) is 0 Å². The lowest BCUT2D eigenvalue weighted by atomic mass is 10.1. The largest absolute Gasteiger partial charge is 0.493 e. The summed E-state index contributed by atoms with van der Waals surface area (Å²) in [6.45, 7) is 6.92. The van der Waals surface area contributed by atoms with Crippen LogP contribution in [0.25, 0.3) is 0 Å². The summed E-state index contributed by atoms with van der Waals surface area (Å²) in [5, 5.41) is 6.60. The topological polar surface area (TPSA) is 58.1 Å². The molecule has 6 nitrogen and oxygen atoms in total. The zero-order valence-electron chi connectivity index (χ0n) is 18.0. The van der Waals surface area contributed by atoms with Gasteiger partial charge in [0.1, 0.15) is 0 Å². The number of methoxy groups -OCH3 is 1. The zero-order chi connectivity index (χ0) is 20.4. The third-order valence-corrected chi connectivity index (χ3v) is 4.01. The predicted molar refractivity (Wildman–Crippen MR) is 132 cm³/mol. The van der Waals surface area contributed by atoms with Crippen molar-refractivity contribution in [1.29, 1.82) is 0 Å². The number of ether oxygens (including phenoxy) is 2. The van der Waals surface area contributed by atoms with E-state index in [0.29, 0.717) is 18.9 Å². The van der Waals surface area contributed by atoms with Gasteiger partial charge in [0.25, 0.3) is 0 Å². The summed E-state index contributed by atoms with van der Waals surface area (Å²) < 4.78 is 11.0. The van der Waals surface area contributed by atoms with Gasteiger partial charge in [-0.25, -0.2) is 4.99 Å². The van der Waals surface area contributed by atoms with Crippen LogP contribution < -0.4 is 20.1 Å². The highest BCUT2D eigenvalue weighted by atomic mass is 127. The van der Waals surface area contributed by atoms with E-state index in [-0.39, 0.29) is 24.0 Å². The van der Waals surface area contributed by atoms with Gasteiger partial charge in [0.15, 0.2) is 17.5 Å². The van der Waals surface area contributed by atoms with Crippen molar-refractivity contribution in [1.82, 2.24) is 10.2 Å². The molecule has 0 unspecified atom stereocenters. The molecule has 2 aromatic carbocycles. The Labute approximate surface area is 191 Å². The smallest absolute Gasteiger partial charge is 0.196 e. The maximum atomic E-state index is 5.57. The van der Waals surface area contributed by atoms with Crippen LogP contribution in [-0.2, 0) is 13.1 Å². The van der Waals surface area contributed by atoms with Crippen LogP contribution in [0.5, 0.6) is 11.5 Å². The number of nitrogens with zero attached hydrogens (tertiary/aromatic N) is 2. The summed E-state index contributed by atoms with van der Waals surface area (Å²) in [6.07, 6.45) is 0. The third-order valence-electron chi connectivity index (χ3n) is 4.01. The first-order valence-corrected chi connectivity index (χ1v) is 9.64. The quantitative estimate of drug-likeness (QED) is 0.297. The molecule has 0 aliphatic rings. The van der Waals surface area contributed by atoms with E-state index >= 15 is 0 Å². The van der Waals surface area contributed by atoms with Crippen molar-refractivity contribution in [2.45, 2.75) is 26.9 Å². The number of halogens is 1. The first-order valence-electron chi connectivity index (χ1n) is 9.64. The Morgan fingerprint density at radius 1 is 1.00 bits per heavy atom. The number of anilines is 1. The minimum absolute atomic E-state index is 0. The second-order valence-corrected chi connectivity index (χ2v) is 6.67. The lowest BCUT2D eigenvalue weighted by Gasteiger charge is -2.14. The molecule has 0 saturated heterocycles. The van der Waals surface area contributed by atoms with Crippen molar-refractivity contribution in [2.75, 3.05) is 39.7 Å². The Hall–Kier alpha value is -2.00.